The highest BCUT2D eigenvalue weighted by atomic mass is 32.2. The van der Waals surface area contributed by atoms with Gasteiger partial charge in [0, 0.05) is 11.3 Å². The predicted octanol–water partition coefficient (Wildman–Crippen LogP) is 4.04. The van der Waals surface area contributed by atoms with E-state index in [0.29, 0.717) is 4.75 Å². The Morgan fingerprint density at radius 1 is 1.28 bits per heavy atom. The summed E-state index contributed by atoms with van der Waals surface area (Å²) in [5.74, 6) is 0. The second-order valence-corrected chi connectivity index (χ2v) is 6.23. The van der Waals surface area contributed by atoms with Gasteiger partial charge in [-0.2, -0.15) is 17.0 Å². The van der Waals surface area contributed by atoms with Crippen molar-refractivity contribution < 1.29 is 0 Å². The minimum absolute atomic E-state index is 0.362. The van der Waals surface area contributed by atoms with Crippen LogP contribution in [0.4, 0.5) is 5.69 Å². The standard InChI is InChI=1S/C15H20N2S/c1-18-15(9-5-2-6-10-15)12-17-14-8-4-3-7-13(14)11-16/h3-4,7-8,17H,2,5-6,9-10,12H2,1H3. The van der Waals surface area contributed by atoms with Crippen molar-refractivity contribution in [3.63, 3.8) is 0 Å². The summed E-state index contributed by atoms with van der Waals surface area (Å²) in [5, 5.41) is 12.6. The van der Waals surface area contributed by atoms with Gasteiger partial charge in [0.25, 0.3) is 0 Å². The molecule has 0 aromatic heterocycles. The Morgan fingerprint density at radius 2 is 2.00 bits per heavy atom. The number of para-hydroxylation sites is 1. The van der Waals surface area contributed by atoms with E-state index in [9.17, 15) is 0 Å². The normalized spacial score (nSPS) is 18.0. The van der Waals surface area contributed by atoms with Crippen LogP contribution in [0.15, 0.2) is 24.3 Å². The van der Waals surface area contributed by atoms with Crippen LogP contribution in [0.3, 0.4) is 0 Å². The molecule has 0 saturated heterocycles. The molecule has 1 N–H and O–H groups in total. The molecule has 1 saturated carbocycles. The maximum Gasteiger partial charge on any atom is 0.101 e. The summed E-state index contributed by atoms with van der Waals surface area (Å²) in [4.78, 5) is 0. The first-order valence-corrected chi connectivity index (χ1v) is 7.80. The predicted molar refractivity (Wildman–Crippen MR) is 79.0 cm³/mol. The maximum absolute atomic E-state index is 9.08. The number of hydrogen-bond donors (Lipinski definition) is 1. The Labute approximate surface area is 114 Å². The van der Waals surface area contributed by atoms with Crippen LogP contribution in [0.5, 0.6) is 0 Å². The number of nitriles is 1. The molecule has 96 valence electrons. The van der Waals surface area contributed by atoms with Crippen LogP contribution in [0.25, 0.3) is 0 Å². The zero-order valence-corrected chi connectivity index (χ0v) is 11.7. The lowest BCUT2D eigenvalue weighted by atomic mass is 9.88. The molecule has 0 atom stereocenters. The van der Waals surface area contributed by atoms with Crippen molar-refractivity contribution in [3.8, 4) is 6.07 Å². The Hall–Kier alpha value is -1.14. The monoisotopic (exact) mass is 260 g/mol. The van der Waals surface area contributed by atoms with Crippen LogP contribution in [0.2, 0.25) is 0 Å². The molecule has 0 heterocycles. The van der Waals surface area contributed by atoms with Gasteiger partial charge in [-0.1, -0.05) is 31.4 Å². The lowest BCUT2D eigenvalue weighted by molar-refractivity contribution is 0.411. The van der Waals surface area contributed by atoms with Crippen LogP contribution < -0.4 is 5.32 Å². The van der Waals surface area contributed by atoms with E-state index in [4.69, 9.17) is 5.26 Å². The summed E-state index contributed by atoms with van der Waals surface area (Å²) in [6, 6.07) is 10.0. The average molecular weight is 260 g/mol. The summed E-state index contributed by atoms with van der Waals surface area (Å²) in [6.45, 7) is 0.965. The molecule has 1 aromatic carbocycles. The highest BCUT2D eigenvalue weighted by molar-refractivity contribution is 8.00. The average Bonchev–Trinajstić information content (AvgIpc) is 2.46. The van der Waals surface area contributed by atoms with Crippen molar-refractivity contribution in [2.45, 2.75) is 36.9 Å². The quantitative estimate of drug-likeness (QED) is 0.887. The molecule has 0 radical (unpaired) electrons. The molecule has 0 amide bonds. The largest absolute Gasteiger partial charge is 0.383 e. The molecule has 0 bridgehead atoms. The molecule has 1 fully saturated rings. The topological polar surface area (TPSA) is 35.8 Å². The van der Waals surface area contributed by atoms with Gasteiger partial charge in [-0.05, 0) is 31.2 Å². The van der Waals surface area contributed by atoms with Crippen LogP contribution in [0.1, 0.15) is 37.7 Å². The highest BCUT2D eigenvalue weighted by Gasteiger charge is 2.30. The Balaban J connectivity index is 2.03. The number of nitrogens with zero attached hydrogens (tertiary/aromatic N) is 1. The van der Waals surface area contributed by atoms with E-state index in [2.05, 4.69) is 17.6 Å². The van der Waals surface area contributed by atoms with E-state index in [1.165, 1.54) is 32.1 Å². The third-order valence-corrected chi connectivity index (χ3v) is 5.26. The van der Waals surface area contributed by atoms with Gasteiger partial charge in [0.2, 0.25) is 0 Å². The van der Waals surface area contributed by atoms with E-state index in [-0.39, 0.29) is 0 Å². The second-order valence-electron chi connectivity index (χ2n) is 4.96. The molecule has 0 unspecified atom stereocenters. The molecular formula is C15H20N2S. The summed E-state index contributed by atoms with van der Waals surface area (Å²) in [5.41, 5.74) is 1.71. The second kappa shape index (κ2) is 6.15. The van der Waals surface area contributed by atoms with Crippen molar-refractivity contribution in [1.82, 2.24) is 0 Å². The van der Waals surface area contributed by atoms with E-state index in [1.807, 2.05) is 36.0 Å². The Kier molecular flexibility index (Phi) is 4.54. The van der Waals surface area contributed by atoms with E-state index in [0.717, 1.165) is 17.8 Å². The van der Waals surface area contributed by atoms with Crippen LogP contribution in [-0.2, 0) is 0 Å². The fraction of sp³-hybridized carbons (Fsp3) is 0.533. The first kappa shape index (κ1) is 13.3. The minimum atomic E-state index is 0.362. The summed E-state index contributed by atoms with van der Waals surface area (Å²) in [6.07, 6.45) is 8.83. The number of rotatable bonds is 4. The highest BCUT2D eigenvalue weighted by Crippen LogP contribution is 2.38. The minimum Gasteiger partial charge on any atom is -0.383 e. The van der Waals surface area contributed by atoms with Gasteiger partial charge in [0.05, 0.1) is 11.3 Å². The van der Waals surface area contributed by atoms with E-state index >= 15 is 0 Å². The summed E-state index contributed by atoms with van der Waals surface area (Å²) >= 11 is 1.98. The number of thioether (sulfide) groups is 1. The molecule has 2 rings (SSSR count). The molecule has 18 heavy (non-hydrogen) atoms. The van der Waals surface area contributed by atoms with Gasteiger partial charge in [0.1, 0.15) is 6.07 Å². The summed E-state index contributed by atoms with van der Waals surface area (Å²) in [7, 11) is 0. The van der Waals surface area contributed by atoms with Crippen molar-refractivity contribution >= 4 is 17.4 Å². The van der Waals surface area contributed by atoms with Gasteiger partial charge < -0.3 is 5.32 Å². The Morgan fingerprint density at radius 3 is 2.67 bits per heavy atom. The number of anilines is 1. The molecular weight excluding hydrogens is 240 g/mol. The van der Waals surface area contributed by atoms with E-state index in [1.54, 1.807) is 0 Å². The smallest absolute Gasteiger partial charge is 0.101 e. The molecule has 0 spiro atoms. The first-order chi connectivity index (χ1) is 8.79. The number of nitrogens with one attached hydrogen (secondary N) is 1. The fourth-order valence-electron chi connectivity index (χ4n) is 2.64. The lowest BCUT2D eigenvalue weighted by Gasteiger charge is -2.36. The van der Waals surface area contributed by atoms with Gasteiger partial charge in [-0.15, -0.1) is 0 Å². The van der Waals surface area contributed by atoms with Crippen LogP contribution in [-0.4, -0.2) is 17.5 Å². The zero-order valence-electron chi connectivity index (χ0n) is 10.9. The zero-order chi connectivity index (χ0) is 12.8. The molecule has 3 heteroatoms. The van der Waals surface area contributed by atoms with Gasteiger partial charge in [-0.25, -0.2) is 0 Å². The van der Waals surface area contributed by atoms with Crippen LogP contribution in [0, 0.1) is 11.3 Å². The molecule has 2 nitrogen and oxygen atoms in total. The molecule has 0 aliphatic heterocycles. The molecule has 1 aliphatic rings. The third-order valence-electron chi connectivity index (χ3n) is 3.85. The third kappa shape index (κ3) is 3.00. The van der Waals surface area contributed by atoms with Gasteiger partial charge in [0.15, 0.2) is 0 Å². The lowest BCUT2D eigenvalue weighted by Crippen LogP contribution is -2.35. The van der Waals surface area contributed by atoms with Crippen molar-refractivity contribution in [2.75, 3.05) is 18.1 Å². The Bertz CT molecular complexity index is 430. The maximum atomic E-state index is 9.08. The summed E-state index contributed by atoms with van der Waals surface area (Å²) < 4.78 is 0.362. The number of benzene rings is 1. The SMILES string of the molecule is CSC1(CNc2ccccc2C#N)CCCCC1. The van der Waals surface area contributed by atoms with Crippen molar-refractivity contribution in [3.05, 3.63) is 29.8 Å². The fourth-order valence-corrected chi connectivity index (χ4v) is 3.55. The van der Waals surface area contributed by atoms with Gasteiger partial charge >= 0.3 is 0 Å². The van der Waals surface area contributed by atoms with E-state index < -0.39 is 0 Å². The molecule has 1 aliphatic carbocycles. The first-order valence-electron chi connectivity index (χ1n) is 6.58. The molecule has 1 aromatic rings. The van der Waals surface area contributed by atoms with Gasteiger partial charge in [-0.3, -0.25) is 0 Å². The van der Waals surface area contributed by atoms with Crippen molar-refractivity contribution in [2.24, 2.45) is 0 Å². The van der Waals surface area contributed by atoms with Crippen molar-refractivity contribution in [1.29, 1.82) is 5.26 Å². The number of hydrogen-bond acceptors (Lipinski definition) is 3. The van der Waals surface area contributed by atoms with Crippen LogP contribution >= 0.6 is 11.8 Å².